The number of amides is 1. The Kier molecular flexibility index (Phi) is 3.82. The van der Waals surface area contributed by atoms with Gasteiger partial charge in [-0.1, -0.05) is 0 Å². The van der Waals surface area contributed by atoms with Crippen molar-refractivity contribution in [3.63, 3.8) is 0 Å². The van der Waals surface area contributed by atoms with Gasteiger partial charge in [0.05, 0.1) is 6.10 Å². The van der Waals surface area contributed by atoms with Crippen LogP contribution < -0.4 is 5.73 Å². The predicted molar refractivity (Wildman–Crippen MR) is 61.9 cm³/mol. The molecule has 2 fully saturated rings. The third-order valence-electron chi connectivity index (χ3n) is 3.64. The number of carbonyl (C=O) groups is 1. The Morgan fingerprint density at radius 1 is 1.50 bits per heavy atom. The highest BCUT2D eigenvalue weighted by atomic mass is 16.5. The number of hydrogen-bond acceptors (Lipinski definition) is 3. The number of likely N-dealkylation sites (tertiary alicyclic amines) is 1. The van der Waals surface area contributed by atoms with Crippen molar-refractivity contribution in [2.45, 2.75) is 44.8 Å². The molecule has 4 heteroatoms. The second-order valence-corrected chi connectivity index (χ2v) is 5.01. The van der Waals surface area contributed by atoms with Gasteiger partial charge in [-0.05, 0) is 32.1 Å². The van der Waals surface area contributed by atoms with E-state index in [9.17, 15) is 4.79 Å². The molecule has 16 heavy (non-hydrogen) atoms. The number of nitrogens with two attached hydrogens (primary N) is 1. The van der Waals surface area contributed by atoms with E-state index in [4.69, 9.17) is 10.5 Å². The highest BCUT2D eigenvalue weighted by molar-refractivity contribution is 5.76. The summed E-state index contributed by atoms with van der Waals surface area (Å²) in [7, 11) is 0. The monoisotopic (exact) mass is 226 g/mol. The predicted octanol–water partition coefficient (Wildman–Crippen LogP) is 0.751. The molecule has 0 radical (unpaired) electrons. The highest BCUT2D eigenvalue weighted by Crippen LogP contribution is 2.33. The Hall–Kier alpha value is -0.610. The lowest BCUT2D eigenvalue weighted by molar-refractivity contribution is -0.133. The van der Waals surface area contributed by atoms with Crippen LogP contribution in [0.2, 0.25) is 0 Å². The van der Waals surface area contributed by atoms with Crippen molar-refractivity contribution in [1.82, 2.24) is 4.90 Å². The molecule has 1 aliphatic heterocycles. The summed E-state index contributed by atoms with van der Waals surface area (Å²) in [5.41, 5.74) is 5.79. The van der Waals surface area contributed by atoms with Crippen molar-refractivity contribution in [2.24, 2.45) is 11.7 Å². The number of rotatable bonds is 4. The summed E-state index contributed by atoms with van der Waals surface area (Å²) in [6.45, 7) is 4.40. The van der Waals surface area contributed by atoms with Gasteiger partial charge in [-0.25, -0.2) is 0 Å². The van der Waals surface area contributed by atoms with Gasteiger partial charge in [0.15, 0.2) is 0 Å². The summed E-state index contributed by atoms with van der Waals surface area (Å²) >= 11 is 0. The van der Waals surface area contributed by atoms with Crippen LogP contribution in [-0.4, -0.2) is 42.6 Å². The van der Waals surface area contributed by atoms with Gasteiger partial charge in [0.25, 0.3) is 0 Å². The van der Waals surface area contributed by atoms with Crippen LogP contribution in [0, 0.1) is 5.92 Å². The number of hydrogen-bond donors (Lipinski definition) is 1. The maximum absolute atomic E-state index is 11.9. The Morgan fingerprint density at radius 2 is 2.25 bits per heavy atom. The summed E-state index contributed by atoms with van der Waals surface area (Å²) in [6, 6.07) is 0.196. The Bertz CT molecular complexity index is 251. The lowest BCUT2D eigenvalue weighted by atomic mass is 9.80. The van der Waals surface area contributed by atoms with E-state index in [1.54, 1.807) is 0 Å². The summed E-state index contributed by atoms with van der Waals surface area (Å²) in [6.07, 6.45) is 4.16. The maximum atomic E-state index is 11.9. The number of ether oxygens (including phenoxy) is 1. The van der Waals surface area contributed by atoms with Crippen molar-refractivity contribution < 1.29 is 9.53 Å². The van der Waals surface area contributed by atoms with Crippen LogP contribution in [0.25, 0.3) is 0 Å². The molecule has 2 N–H and O–H groups in total. The Morgan fingerprint density at radius 3 is 2.81 bits per heavy atom. The zero-order chi connectivity index (χ0) is 11.5. The number of nitrogens with zero attached hydrogens (tertiary/aromatic N) is 1. The summed E-state index contributed by atoms with van der Waals surface area (Å²) in [4.78, 5) is 13.8. The van der Waals surface area contributed by atoms with Gasteiger partial charge < -0.3 is 15.4 Å². The average molecular weight is 226 g/mol. The molecule has 92 valence electrons. The highest BCUT2D eigenvalue weighted by Gasteiger charge is 2.33. The van der Waals surface area contributed by atoms with Crippen molar-refractivity contribution in [2.75, 3.05) is 19.7 Å². The molecule has 2 aliphatic rings. The topological polar surface area (TPSA) is 55.6 Å². The van der Waals surface area contributed by atoms with Crippen molar-refractivity contribution >= 4 is 5.91 Å². The molecule has 0 aromatic rings. The van der Waals surface area contributed by atoms with Gasteiger partial charge in [0.2, 0.25) is 5.91 Å². The van der Waals surface area contributed by atoms with Gasteiger partial charge in [0, 0.05) is 32.2 Å². The van der Waals surface area contributed by atoms with Crippen LogP contribution in [0.3, 0.4) is 0 Å². The first-order chi connectivity index (χ1) is 7.69. The molecule has 0 spiro atoms. The van der Waals surface area contributed by atoms with E-state index in [-0.39, 0.29) is 11.9 Å². The molecule has 1 saturated heterocycles. The molecular weight excluding hydrogens is 204 g/mol. The second-order valence-electron chi connectivity index (χ2n) is 5.01. The molecule has 0 bridgehead atoms. The van der Waals surface area contributed by atoms with E-state index in [1.807, 2.05) is 11.8 Å². The fourth-order valence-corrected chi connectivity index (χ4v) is 2.60. The third-order valence-corrected chi connectivity index (χ3v) is 3.64. The molecule has 1 aliphatic carbocycles. The van der Waals surface area contributed by atoms with Gasteiger partial charge in [-0.2, -0.15) is 0 Å². The third kappa shape index (κ3) is 2.74. The molecule has 0 aromatic carbocycles. The maximum Gasteiger partial charge on any atom is 0.222 e. The smallest absolute Gasteiger partial charge is 0.222 e. The quantitative estimate of drug-likeness (QED) is 0.769. The average Bonchev–Trinajstić information content (AvgIpc) is 2.61. The first kappa shape index (κ1) is 11.9. The Labute approximate surface area is 97.1 Å². The van der Waals surface area contributed by atoms with E-state index in [0.29, 0.717) is 18.4 Å². The van der Waals surface area contributed by atoms with Crippen LogP contribution in [0.15, 0.2) is 0 Å². The molecule has 2 rings (SSSR count). The van der Waals surface area contributed by atoms with Crippen LogP contribution in [0.1, 0.15) is 32.6 Å². The first-order valence-electron chi connectivity index (χ1n) is 6.34. The minimum atomic E-state index is 0.196. The van der Waals surface area contributed by atoms with E-state index < -0.39 is 0 Å². The van der Waals surface area contributed by atoms with E-state index >= 15 is 0 Å². The summed E-state index contributed by atoms with van der Waals surface area (Å²) in [5, 5.41) is 0. The Balaban J connectivity index is 1.65. The van der Waals surface area contributed by atoms with E-state index in [0.717, 1.165) is 39.0 Å². The van der Waals surface area contributed by atoms with Gasteiger partial charge >= 0.3 is 0 Å². The minimum absolute atomic E-state index is 0.196. The molecule has 1 saturated carbocycles. The second kappa shape index (κ2) is 5.15. The minimum Gasteiger partial charge on any atom is -0.378 e. The standard InChI is InChI=1S/C12H22N2O2/c1-2-16-11-5-9(6-11)7-12(15)14-4-3-10(13)8-14/h9-11H,2-8,13H2,1H3/t9?,10-,11?/m0/s1. The fraction of sp³-hybridized carbons (Fsp3) is 0.917. The lowest BCUT2D eigenvalue weighted by Crippen LogP contribution is -2.38. The molecule has 0 unspecified atom stereocenters. The molecular formula is C12H22N2O2. The summed E-state index contributed by atoms with van der Waals surface area (Å²) in [5.74, 6) is 0.828. The molecule has 1 heterocycles. The van der Waals surface area contributed by atoms with Crippen molar-refractivity contribution in [3.05, 3.63) is 0 Å². The lowest BCUT2D eigenvalue weighted by Gasteiger charge is -2.35. The van der Waals surface area contributed by atoms with Crippen LogP contribution in [-0.2, 0) is 9.53 Å². The number of carbonyl (C=O) groups excluding carboxylic acids is 1. The van der Waals surface area contributed by atoms with E-state index in [2.05, 4.69) is 0 Å². The summed E-state index contributed by atoms with van der Waals surface area (Å²) < 4.78 is 5.49. The van der Waals surface area contributed by atoms with Gasteiger partial charge in [-0.15, -0.1) is 0 Å². The van der Waals surface area contributed by atoms with Crippen molar-refractivity contribution in [3.8, 4) is 0 Å². The zero-order valence-electron chi connectivity index (χ0n) is 10.0. The first-order valence-corrected chi connectivity index (χ1v) is 6.34. The van der Waals surface area contributed by atoms with Gasteiger partial charge in [0.1, 0.15) is 0 Å². The van der Waals surface area contributed by atoms with Crippen LogP contribution in [0.5, 0.6) is 0 Å². The zero-order valence-corrected chi connectivity index (χ0v) is 10.0. The van der Waals surface area contributed by atoms with Crippen molar-refractivity contribution in [1.29, 1.82) is 0 Å². The fourth-order valence-electron chi connectivity index (χ4n) is 2.60. The van der Waals surface area contributed by atoms with Crippen LogP contribution in [0.4, 0.5) is 0 Å². The SMILES string of the molecule is CCOC1CC(CC(=O)N2CC[C@H](N)C2)C1. The molecule has 1 amide bonds. The van der Waals surface area contributed by atoms with Crippen LogP contribution >= 0.6 is 0 Å². The van der Waals surface area contributed by atoms with E-state index in [1.165, 1.54) is 0 Å². The molecule has 1 atom stereocenters. The molecule has 0 aromatic heterocycles. The largest absolute Gasteiger partial charge is 0.378 e. The normalized spacial score (nSPS) is 33.9. The molecule has 4 nitrogen and oxygen atoms in total. The van der Waals surface area contributed by atoms with Gasteiger partial charge in [-0.3, -0.25) is 4.79 Å².